The maximum Gasteiger partial charge on any atom is 0.251 e. The Balaban J connectivity index is 1.65. The van der Waals surface area contributed by atoms with E-state index in [0.29, 0.717) is 23.7 Å². The van der Waals surface area contributed by atoms with E-state index in [2.05, 4.69) is 10.4 Å². The van der Waals surface area contributed by atoms with Gasteiger partial charge in [0.1, 0.15) is 0 Å². The topological polar surface area (TPSA) is 46.9 Å². The van der Waals surface area contributed by atoms with Crippen LogP contribution in [0.25, 0.3) is 11.6 Å². The fourth-order valence-corrected chi connectivity index (χ4v) is 2.91. The summed E-state index contributed by atoms with van der Waals surface area (Å²) in [5, 5.41) is 8.00. The fourth-order valence-electron chi connectivity index (χ4n) is 2.76. The Morgan fingerprint density at radius 3 is 2.41 bits per heavy atom. The highest BCUT2D eigenvalue weighted by Crippen LogP contribution is 2.18. The third-order valence-electron chi connectivity index (χ3n) is 4.18. The summed E-state index contributed by atoms with van der Waals surface area (Å²) in [4.78, 5) is 12.8. The van der Waals surface area contributed by atoms with Crippen LogP contribution < -0.4 is 5.32 Å². The molecule has 0 fully saturated rings. The molecule has 1 N–H and O–H groups in total. The summed E-state index contributed by atoms with van der Waals surface area (Å²) in [6.07, 6.45) is 4.50. The van der Waals surface area contributed by atoms with E-state index in [1.165, 1.54) is 0 Å². The second kappa shape index (κ2) is 9.19. The molecule has 1 heterocycles. The van der Waals surface area contributed by atoms with Crippen LogP contribution in [0.4, 0.5) is 0 Å². The van der Waals surface area contributed by atoms with Crippen molar-refractivity contribution >= 4 is 29.2 Å². The normalized spacial score (nSPS) is 11.4. The lowest BCUT2D eigenvalue weighted by Crippen LogP contribution is -2.26. The molecule has 1 aromatic heterocycles. The minimum Gasteiger partial charge on any atom is -0.352 e. The third-order valence-corrected chi connectivity index (χ3v) is 4.55. The Hall–Kier alpha value is -2.85. The molecule has 1 amide bonds. The van der Waals surface area contributed by atoms with Crippen LogP contribution in [0.15, 0.2) is 66.9 Å². The molecule has 0 atom stereocenters. The number of aryl methyl sites for hydroxylation is 2. The standard InChI is InChI=1S/C22H22ClN3O/c1-17-21(23)16-26(25-17)14-8-13-24-22(27)20(19-11-6-3-7-12-19)15-18-9-4-2-5-10-18/h2-7,9-12,15-16H,8,13-14H2,1H3,(H,24,27)/b20-15-. The van der Waals surface area contributed by atoms with Crippen molar-refractivity contribution in [3.63, 3.8) is 0 Å². The molecule has 3 rings (SSSR count). The van der Waals surface area contributed by atoms with Crippen molar-refractivity contribution in [2.45, 2.75) is 19.9 Å². The number of halogens is 1. The van der Waals surface area contributed by atoms with Crippen LogP contribution >= 0.6 is 11.6 Å². The van der Waals surface area contributed by atoms with E-state index in [0.717, 1.165) is 23.2 Å². The van der Waals surface area contributed by atoms with E-state index in [-0.39, 0.29) is 5.91 Å². The minimum atomic E-state index is -0.0836. The predicted octanol–water partition coefficient (Wildman–Crippen LogP) is 4.59. The summed E-state index contributed by atoms with van der Waals surface area (Å²) >= 11 is 6.02. The number of hydrogen-bond donors (Lipinski definition) is 1. The number of rotatable bonds is 7. The number of hydrogen-bond acceptors (Lipinski definition) is 2. The van der Waals surface area contributed by atoms with Gasteiger partial charge in [0.05, 0.1) is 10.7 Å². The minimum absolute atomic E-state index is 0.0836. The van der Waals surface area contributed by atoms with Crippen LogP contribution in [0.3, 0.4) is 0 Å². The monoisotopic (exact) mass is 379 g/mol. The second-order valence-corrected chi connectivity index (χ2v) is 6.68. The van der Waals surface area contributed by atoms with Crippen molar-refractivity contribution in [2.75, 3.05) is 6.54 Å². The molecule has 3 aromatic rings. The van der Waals surface area contributed by atoms with Crippen molar-refractivity contribution in [3.8, 4) is 0 Å². The highest BCUT2D eigenvalue weighted by molar-refractivity contribution is 6.31. The van der Waals surface area contributed by atoms with Gasteiger partial charge in [-0.1, -0.05) is 72.3 Å². The number of nitrogens with one attached hydrogen (secondary N) is 1. The second-order valence-electron chi connectivity index (χ2n) is 6.27. The van der Waals surface area contributed by atoms with Crippen molar-refractivity contribution in [2.24, 2.45) is 0 Å². The van der Waals surface area contributed by atoms with Crippen LogP contribution in [-0.2, 0) is 11.3 Å². The summed E-state index contributed by atoms with van der Waals surface area (Å²) in [5.41, 5.74) is 3.36. The zero-order valence-electron chi connectivity index (χ0n) is 15.2. The maximum atomic E-state index is 12.8. The molecule has 4 nitrogen and oxygen atoms in total. The van der Waals surface area contributed by atoms with Crippen molar-refractivity contribution in [1.29, 1.82) is 0 Å². The summed E-state index contributed by atoms with van der Waals surface area (Å²) < 4.78 is 1.81. The maximum absolute atomic E-state index is 12.8. The Morgan fingerprint density at radius 1 is 1.11 bits per heavy atom. The molecule has 0 unspecified atom stereocenters. The lowest BCUT2D eigenvalue weighted by molar-refractivity contribution is -0.115. The average Bonchev–Trinajstić information content (AvgIpc) is 3.02. The number of aromatic nitrogens is 2. The Kier molecular flexibility index (Phi) is 6.44. The van der Waals surface area contributed by atoms with E-state index < -0.39 is 0 Å². The van der Waals surface area contributed by atoms with Gasteiger partial charge in [0.2, 0.25) is 0 Å². The van der Waals surface area contributed by atoms with Gasteiger partial charge in [-0.3, -0.25) is 9.48 Å². The first-order valence-electron chi connectivity index (χ1n) is 8.93. The van der Waals surface area contributed by atoms with Crippen LogP contribution in [0, 0.1) is 6.92 Å². The lowest BCUT2D eigenvalue weighted by atomic mass is 10.0. The van der Waals surface area contributed by atoms with Gasteiger partial charge < -0.3 is 5.32 Å². The summed E-state index contributed by atoms with van der Waals surface area (Å²) in [5.74, 6) is -0.0836. The van der Waals surface area contributed by atoms with Gasteiger partial charge in [0, 0.05) is 24.9 Å². The highest BCUT2D eigenvalue weighted by atomic mass is 35.5. The Morgan fingerprint density at radius 2 is 1.78 bits per heavy atom. The molecule has 27 heavy (non-hydrogen) atoms. The SMILES string of the molecule is Cc1nn(CCCNC(=O)/C(=C\c2ccccc2)c2ccccc2)cc1Cl. The summed E-state index contributed by atoms with van der Waals surface area (Å²) in [6, 6.07) is 19.6. The van der Waals surface area contributed by atoms with Crippen molar-refractivity contribution in [1.82, 2.24) is 15.1 Å². The first-order chi connectivity index (χ1) is 13.1. The number of nitrogens with zero attached hydrogens (tertiary/aromatic N) is 2. The molecule has 0 aliphatic rings. The van der Waals surface area contributed by atoms with Gasteiger partial charge in [-0.25, -0.2) is 0 Å². The Bertz CT molecular complexity index is 898. The van der Waals surface area contributed by atoms with Crippen LogP contribution in [0.1, 0.15) is 23.2 Å². The first-order valence-corrected chi connectivity index (χ1v) is 9.31. The molecule has 2 aromatic carbocycles. The van der Waals surface area contributed by atoms with Gasteiger partial charge in [-0.15, -0.1) is 0 Å². The number of benzene rings is 2. The summed E-state index contributed by atoms with van der Waals surface area (Å²) in [6.45, 7) is 3.15. The highest BCUT2D eigenvalue weighted by Gasteiger charge is 2.11. The van der Waals surface area contributed by atoms with Gasteiger partial charge in [0.25, 0.3) is 5.91 Å². The van der Waals surface area contributed by atoms with Crippen LogP contribution in [-0.4, -0.2) is 22.2 Å². The van der Waals surface area contributed by atoms with Gasteiger partial charge in [0.15, 0.2) is 0 Å². The lowest BCUT2D eigenvalue weighted by Gasteiger charge is -2.10. The number of carbonyl (C=O) groups excluding carboxylic acids is 1. The molecule has 0 saturated carbocycles. The smallest absolute Gasteiger partial charge is 0.251 e. The first kappa shape index (κ1) is 18.9. The number of amides is 1. The van der Waals surface area contributed by atoms with Gasteiger partial charge >= 0.3 is 0 Å². The molecule has 0 aliphatic carbocycles. The van der Waals surface area contributed by atoms with Crippen molar-refractivity contribution in [3.05, 3.63) is 88.7 Å². The van der Waals surface area contributed by atoms with Gasteiger partial charge in [-0.05, 0) is 30.5 Å². The van der Waals surface area contributed by atoms with Crippen LogP contribution in [0.5, 0.6) is 0 Å². The average molecular weight is 380 g/mol. The van der Waals surface area contributed by atoms with E-state index in [4.69, 9.17) is 11.6 Å². The molecular weight excluding hydrogens is 358 g/mol. The number of carbonyl (C=O) groups is 1. The molecule has 0 radical (unpaired) electrons. The quantitative estimate of drug-likeness (QED) is 0.370. The molecule has 0 bridgehead atoms. The zero-order chi connectivity index (χ0) is 19.1. The molecule has 0 aliphatic heterocycles. The van der Waals surface area contributed by atoms with E-state index in [1.54, 1.807) is 0 Å². The van der Waals surface area contributed by atoms with Gasteiger partial charge in [-0.2, -0.15) is 5.10 Å². The van der Waals surface area contributed by atoms with Crippen LogP contribution in [0.2, 0.25) is 5.02 Å². The van der Waals surface area contributed by atoms with Crippen molar-refractivity contribution < 1.29 is 4.79 Å². The van der Waals surface area contributed by atoms with E-state index >= 15 is 0 Å². The fraction of sp³-hybridized carbons (Fsp3) is 0.182. The largest absolute Gasteiger partial charge is 0.352 e. The summed E-state index contributed by atoms with van der Waals surface area (Å²) in [7, 11) is 0. The molecule has 5 heteroatoms. The van der Waals surface area contributed by atoms with E-state index in [1.807, 2.05) is 84.5 Å². The molecule has 0 spiro atoms. The Labute approximate surface area is 164 Å². The molecule has 138 valence electrons. The predicted molar refractivity (Wildman–Crippen MR) is 110 cm³/mol. The van der Waals surface area contributed by atoms with E-state index in [9.17, 15) is 4.79 Å². The molecular formula is C22H22ClN3O. The molecule has 0 saturated heterocycles. The third kappa shape index (κ3) is 5.31. The zero-order valence-corrected chi connectivity index (χ0v) is 16.0.